The SMILES string of the molecule is CCCCC(N)c1ncc(-c2nccnc2C)[nH]1. The summed E-state index contributed by atoms with van der Waals surface area (Å²) in [6.07, 6.45) is 8.34. The molecule has 1 unspecified atom stereocenters. The zero-order valence-corrected chi connectivity index (χ0v) is 10.8. The maximum absolute atomic E-state index is 6.08. The Morgan fingerprint density at radius 3 is 2.78 bits per heavy atom. The van der Waals surface area contributed by atoms with Crippen molar-refractivity contribution in [1.29, 1.82) is 0 Å². The largest absolute Gasteiger partial charge is 0.339 e. The van der Waals surface area contributed by atoms with E-state index >= 15 is 0 Å². The third-order valence-electron chi connectivity index (χ3n) is 2.95. The van der Waals surface area contributed by atoms with Crippen LogP contribution in [0.1, 0.15) is 43.7 Å². The van der Waals surface area contributed by atoms with Crippen LogP contribution in [-0.2, 0) is 0 Å². The standard InChI is InChI=1S/C13H19N5/c1-3-4-5-10(14)13-17-8-11(18-13)12-9(2)15-6-7-16-12/h6-8,10H,3-5,14H2,1-2H3,(H,17,18). The van der Waals surface area contributed by atoms with Crippen molar-refractivity contribution in [3.63, 3.8) is 0 Å². The number of aryl methyl sites for hydroxylation is 1. The topological polar surface area (TPSA) is 80.5 Å². The van der Waals surface area contributed by atoms with E-state index in [-0.39, 0.29) is 6.04 Å². The molecule has 0 spiro atoms. The van der Waals surface area contributed by atoms with E-state index in [0.29, 0.717) is 0 Å². The molecule has 18 heavy (non-hydrogen) atoms. The van der Waals surface area contributed by atoms with Gasteiger partial charge in [-0.05, 0) is 13.3 Å². The van der Waals surface area contributed by atoms with E-state index in [9.17, 15) is 0 Å². The first-order chi connectivity index (χ1) is 8.72. The smallest absolute Gasteiger partial charge is 0.123 e. The van der Waals surface area contributed by atoms with Crippen molar-refractivity contribution in [1.82, 2.24) is 19.9 Å². The number of imidazole rings is 1. The Morgan fingerprint density at radius 2 is 2.06 bits per heavy atom. The first-order valence-corrected chi connectivity index (χ1v) is 6.30. The highest BCUT2D eigenvalue weighted by Crippen LogP contribution is 2.20. The van der Waals surface area contributed by atoms with Crippen LogP contribution in [0.4, 0.5) is 0 Å². The number of aromatic amines is 1. The minimum atomic E-state index is -0.0318. The van der Waals surface area contributed by atoms with Crippen molar-refractivity contribution in [2.45, 2.75) is 39.2 Å². The van der Waals surface area contributed by atoms with Gasteiger partial charge in [-0.25, -0.2) is 4.98 Å². The highest BCUT2D eigenvalue weighted by atomic mass is 15.0. The summed E-state index contributed by atoms with van der Waals surface area (Å²) in [4.78, 5) is 16.1. The lowest BCUT2D eigenvalue weighted by Crippen LogP contribution is -2.11. The van der Waals surface area contributed by atoms with E-state index in [1.165, 1.54) is 0 Å². The lowest BCUT2D eigenvalue weighted by atomic mass is 10.1. The zero-order chi connectivity index (χ0) is 13.0. The molecule has 96 valence electrons. The van der Waals surface area contributed by atoms with E-state index in [4.69, 9.17) is 5.73 Å². The maximum atomic E-state index is 6.08. The van der Waals surface area contributed by atoms with Crippen LogP contribution in [-0.4, -0.2) is 19.9 Å². The van der Waals surface area contributed by atoms with Crippen molar-refractivity contribution < 1.29 is 0 Å². The van der Waals surface area contributed by atoms with Gasteiger partial charge in [-0.3, -0.25) is 9.97 Å². The molecule has 0 aliphatic heterocycles. The van der Waals surface area contributed by atoms with E-state index in [1.54, 1.807) is 18.6 Å². The molecule has 0 fully saturated rings. The fourth-order valence-electron chi connectivity index (χ4n) is 1.88. The molecular weight excluding hydrogens is 226 g/mol. The predicted molar refractivity (Wildman–Crippen MR) is 70.8 cm³/mol. The molecule has 2 heterocycles. The summed E-state index contributed by atoms with van der Waals surface area (Å²) in [7, 11) is 0. The van der Waals surface area contributed by atoms with E-state index < -0.39 is 0 Å². The zero-order valence-electron chi connectivity index (χ0n) is 10.8. The quantitative estimate of drug-likeness (QED) is 0.847. The second kappa shape index (κ2) is 5.73. The summed E-state index contributed by atoms with van der Waals surface area (Å²) in [6, 6.07) is -0.0318. The predicted octanol–water partition coefficient (Wildman–Crippen LogP) is 2.37. The van der Waals surface area contributed by atoms with Crippen LogP contribution in [0.2, 0.25) is 0 Å². The van der Waals surface area contributed by atoms with Crippen molar-refractivity contribution in [3.8, 4) is 11.4 Å². The summed E-state index contributed by atoms with van der Waals surface area (Å²) in [5.74, 6) is 0.823. The maximum Gasteiger partial charge on any atom is 0.123 e. The van der Waals surface area contributed by atoms with Gasteiger partial charge >= 0.3 is 0 Å². The molecule has 1 atom stereocenters. The van der Waals surface area contributed by atoms with Gasteiger partial charge < -0.3 is 10.7 Å². The fourth-order valence-corrected chi connectivity index (χ4v) is 1.88. The minimum Gasteiger partial charge on any atom is -0.339 e. The number of nitrogens with one attached hydrogen (secondary N) is 1. The molecule has 0 aromatic carbocycles. The number of nitrogens with zero attached hydrogens (tertiary/aromatic N) is 3. The lowest BCUT2D eigenvalue weighted by molar-refractivity contribution is 0.580. The van der Waals surface area contributed by atoms with Crippen LogP contribution in [0.3, 0.4) is 0 Å². The number of rotatable bonds is 5. The Hall–Kier alpha value is -1.75. The van der Waals surface area contributed by atoms with Crippen LogP contribution in [0.25, 0.3) is 11.4 Å². The highest BCUT2D eigenvalue weighted by Gasteiger charge is 2.12. The Bertz CT molecular complexity index is 506. The summed E-state index contributed by atoms with van der Waals surface area (Å²) >= 11 is 0. The van der Waals surface area contributed by atoms with Gasteiger partial charge in [0.1, 0.15) is 11.5 Å². The summed E-state index contributed by atoms with van der Waals surface area (Å²) in [5, 5.41) is 0. The van der Waals surface area contributed by atoms with Gasteiger partial charge in [0.15, 0.2) is 0 Å². The first kappa shape index (κ1) is 12.7. The van der Waals surface area contributed by atoms with E-state index in [0.717, 1.165) is 42.2 Å². The molecule has 2 rings (SSSR count). The summed E-state index contributed by atoms with van der Waals surface area (Å²) in [5.41, 5.74) is 8.67. The average Bonchev–Trinajstić information content (AvgIpc) is 2.86. The molecule has 0 radical (unpaired) electrons. The molecule has 5 heteroatoms. The molecule has 5 nitrogen and oxygen atoms in total. The van der Waals surface area contributed by atoms with Gasteiger partial charge in [0.2, 0.25) is 0 Å². The number of aromatic nitrogens is 4. The molecular formula is C13H19N5. The second-order valence-corrected chi connectivity index (χ2v) is 4.42. The van der Waals surface area contributed by atoms with E-state index in [2.05, 4.69) is 26.9 Å². The molecule has 0 saturated carbocycles. The number of nitrogens with two attached hydrogens (primary N) is 1. The molecule has 2 aromatic rings. The Morgan fingerprint density at radius 1 is 1.28 bits per heavy atom. The lowest BCUT2D eigenvalue weighted by Gasteiger charge is -2.07. The fraction of sp³-hybridized carbons (Fsp3) is 0.462. The minimum absolute atomic E-state index is 0.0318. The van der Waals surface area contributed by atoms with Gasteiger partial charge in [-0.15, -0.1) is 0 Å². The van der Waals surface area contributed by atoms with Crippen molar-refractivity contribution in [3.05, 3.63) is 30.1 Å². The Balaban J connectivity index is 2.18. The van der Waals surface area contributed by atoms with Crippen molar-refractivity contribution in [2.24, 2.45) is 5.73 Å². The Labute approximate surface area is 107 Å². The third-order valence-corrected chi connectivity index (χ3v) is 2.95. The third kappa shape index (κ3) is 2.73. The van der Waals surface area contributed by atoms with Gasteiger partial charge in [-0.2, -0.15) is 0 Å². The number of hydrogen-bond acceptors (Lipinski definition) is 4. The van der Waals surface area contributed by atoms with Crippen LogP contribution in [0.15, 0.2) is 18.6 Å². The first-order valence-electron chi connectivity index (χ1n) is 6.30. The van der Waals surface area contributed by atoms with Crippen molar-refractivity contribution in [2.75, 3.05) is 0 Å². The molecule has 0 aliphatic carbocycles. The normalized spacial score (nSPS) is 12.6. The average molecular weight is 245 g/mol. The van der Waals surface area contributed by atoms with Gasteiger partial charge in [-0.1, -0.05) is 19.8 Å². The molecule has 3 N–H and O–H groups in total. The van der Waals surface area contributed by atoms with Crippen LogP contribution in [0, 0.1) is 6.92 Å². The van der Waals surface area contributed by atoms with E-state index in [1.807, 2.05) is 6.92 Å². The number of H-pyrrole nitrogens is 1. The van der Waals surface area contributed by atoms with Crippen LogP contribution >= 0.6 is 0 Å². The monoisotopic (exact) mass is 245 g/mol. The molecule has 2 aromatic heterocycles. The number of hydrogen-bond donors (Lipinski definition) is 2. The number of unbranched alkanes of at least 4 members (excludes halogenated alkanes) is 1. The van der Waals surface area contributed by atoms with Crippen LogP contribution in [0.5, 0.6) is 0 Å². The molecule has 0 aliphatic rings. The summed E-state index contributed by atoms with van der Waals surface area (Å²) in [6.45, 7) is 4.09. The molecule has 0 amide bonds. The summed E-state index contributed by atoms with van der Waals surface area (Å²) < 4.78 is 0. The van der Waals surface area contributed by atoms with Gasteiger partial charge in [0.05, 0.1) is 23.6 Å². The van der Waals surface area contributed by atoms with Crippen molar-refractivity contribution >= 4 is 0 Å². The molecule has 0 bridgehead atoms. The van der Waals surface area contributed by atoms with Gasteiger partial charge in [0, 0.05) is 12.4 Å². The second-order valence-electron chi connectivity index (χ2n) is 4.42. The Kier molecular flexibility index (Phi) is 4.04. The highest BCUT2D eigenvalue weighted by molar-refractivity contribution is 5.55. The van der Waals surface area contributed by atoms with Crippen LogP contribution < -0.4 is 5.73 Å². The van der Waals surface area contributed by atoms with Gasteiger partial charge in [0.25, 0.3) is 0 Å². The molecule has 0 saturated heterocycles.